The molecule has 1 nitrogen and oxygen atoms in total. The molecule has 0 radical (unpaired) electrons. The van der Waals surface area contributed by atoms with E-state index in [1.165, 1.54) is 22.0 Å². The molecule has 2 aromatic carbocycles. The van der Waals surface area contributed by atoms with Crippen LogP contribution < -0.4 is 4.90 Å². The Hall–Kier alpha value is -1.76. The predicted octanol–water partition coefficient (Wildman–Crippen LogP) is 4.12. The Balaban J connectivity index is 2.62. The Kier molecular flexibility index (Phi) is 2.69. The summed E-state index contributed by atoms with van der Waals surface area (Å²) in [6, 6.07) is 12.9. The van der Waals surface area contributed by atoms with E-state index in [0.717, 1.165) is 5.70 Å². The Morgan fingerprint density at radius 3 is 2.25 bits per heavy atom. The van der Waals surface area contributed by atoms with Gasteiger partial charge in [-0.1, -0.05) is 30.8 Å². The first-order valence-electron chi connectivity index (χ1n) is 5.48. The molecule has 0 saturated heterocycles. The molecule has 0 spiro atoms. The second kappa shape index (κ2) is 4.01. The van der Waals surface area contributed by atoms with Gasteiger partial charge in [0.1, 0.15) is 0 Å². The highest BCUT2D eigenvalue weighted by molar-refractivity contribution is 5.87. The first kappa shape index (κ1) is 10.7. The molecule has 0 aromatic heterocycles. The lowest BCUT2D eigenvalue weighted by molar-refractivity contribution is 1.09. The summed E-state index contributed by atoms with van der Waals surface area (Å²) in [5, 5.41) is 2.56. The van der Waals surface area contributed by atoms with Crippen molar-refractivity contribution in [3.8, 4) is 0 Å². The van der Waals surface area contributed by atoms with Gasteiger partial charge in [-0.25, -0.2) is 0 Å². The van der Waals surface area contributed by atoms with Crippen LogP contribution in [-0.4, -0.2) is 7.05 Å². The molecule has 82 valence electrons. The summed E-state index contributed by atoms with van der Waals surface area (Å²) in [6.07, 6.45) is 0. The van der Waals surface area contributed by atoms with Crippen molar-refractivity contribution in [1.29, 1.82) is 0 Å². The number of hydrogen-bond acceptors (Lipinski definition) is 1. The average molecular weight is 211 g/mol. The van der Waals surface area contributed by atoms with Gasteiger partial charge in [0.05, 0.1) is 0 Å². The zero-order valence-corrected chi connectivity index (χ0v) is 10.1. The molecule has 0 saturated carbocycles. The number of hydrogen-bond donors (Lipinski definition) is 0. The van der Waals surface area contributed by atoms with Gasteiger partial charge in [0, 0.05) is 18.4 Å². The van der Waals surface area contributed by atoms with Crippen LogP contribution in [0.15, 0.2) is 48.7 Å². The van der Waals surface area contributed by atoms with Crippen LogP contribution in [0.5, 0.6) is 0 Å². The number of anilines is 1. The monoisotopic (exact) mass is 211 g/mol. The van der Waals surface area contributed by atoms with Gasteiger partial charge in [-0.2, -0.15) is 0 Å². The third-order valence-electron chi connectivity index (χ3n) is 3.00. The minimum Gasteiger partial charge on any atom is -0.349 e. The van der Waals surface area contributed by atoms with Crippen molar-refractivity contribution >= 4 is 16.5 Å². The van der Waals surface area contributed by atoms with Gasteiger partial charge in [-0.05, 0) is 42.3 Å². The fraction of sp³-hybridized carbons (Fsp3) is 0.200. The molecule has 0 aliphatic heterocycles. The lowest BCUT2D eigenvalue weighted by atomic mass is 10.1. The van der Waals surface area contributed by atoms with Crippen LogP contribution in [0.1, 0.15) is 12.5 Å². The van der Waals surface area contributed by atoms with E-state index in [9.17, 15) is 0 Å². The van der Waals surface area contributed by atoms with Crippen LogP contribution in [-0.2, 0) is 0 Å². The van der Waals surface area contributed by atoms with E-state index in [1.54, 1.807) is 0 Å². The molecule has 0 heterocycles. The predicted molar refractivity (Wildman–Crippen MR) is 71.9 cm³/mol. The summed E-state index contributed by atoms with van der Waals surface area (Å²) in [7, 11) is 2.06. The van der Waals surface area contributed by atoms with Crippen molar-refractivity contribution in [2.75, 3.05) is 11.9 Å². The molecule has 2 rings (SSSR count). The maximum Gasteiger partial charge on any atom is 0.0441 e. The maximum absolute atomic E-state index is 3.98. The zero-order valence-electron chi connectivity index (χ0n) is 10.1. The lowest BCUT2D eigenvalue weighted by Crippen LogP contribution is -2.14. The molecule has 0 aliphatic carbocycles. The first-order valence-corrected chi connectivity index (χ1v) is 5.48. The fourth-order valence-corrected chi connectivity index (χ4v) is 1.91. The Morgan fingerprint density at radius 2 is 1.69 bits per heavy atom. The van der Waals surface area contributed by atoms with Crippen molar-refractivity contribution in [2.45, 2.75) is 13.8 Å². The number of benzene rings is 2. The molecule has 2 aromatic rings. The van der Waals surface area contributed by atoms with Gasteiger partial charge < -0.3 is 4.90 Å². The number of rotatable bonds is 2. The highest BCUT2D eigenvalue weighted by Gasteiger charge is 2.06. The number of nitrogens with zero attached hydrogens (tertiary/aromatic N) is 1. The fourth-order valence-electron chi connectivity index (χ4n) is 1.91. The minimum absolute atomic E-state index is 1.05. The van der Waals surface area contributed by atoms with E-state index in [2.05, 4.69) is 61.8 Å². The van der Waals surface area contributed by atoms with Crippen LogP contribution in [0, 0.1) is 6.92 Å². The minimum atomic E-state index is 1.05. The van der Waals surface area contributed by atoms with Gasteiger partial charge in [0.15, 0.2) is 0 Å². The van der Waals surface area contributed by atoms with Gasteiger partial charge >= 0.3 is 0 Å². The van der Waals surface area contributed by atoms with Crippen molar-refractivity contribution in [3.63, 3.8) is 0 Å². The Labute approximate surface area is 97.0 Å². The van der Waals surface area contributed by atoms with E-state index in [1.807, 2.05) is 6.92 Å². The van der Waals surface area contributed by atoms with E-state index >= 15 is 0 Å². The van der Waals surface area contributed by atoms with E-state index in [4.69, 9.17) is 0 Å². The second-order valence-corrected chi connectivity index (χ2v) is 4.28. The molecule has 0 bridgehead atoms. The number of allylic oxidation sites excluding steroid dienone is 1. The van der Waals surface area contributed by atoms with Crippen LogP contribution in [0.25, 0.3) is 10.8 Å². The van der Waals surface area contributed by atoms with Crippen molar-refractivity contribution in [3.05, 3.63) is 54.2 Å². The quantitative estimate of drug-likeness (QED) is 0.722. The van der Waals surface area contributed by atoms with Crippen LogP contribution in [0.4, 0.5) is 5.69 Å². The van der Waals surface area contributed by atoms with E-state index in [0.29, 0.717) is 0 Å². The molecular weight excluding hydrogens is 194 g/mol. The van der Waals surface area contributed by atoms with Gasteiger partial charge in [-0.15, -0.1) is 0 Å². The summed E-state index contributed by atoms with van der Waals surface area (Å²) < 4.78 is 0. The zero-order chi connectivity index (χ0) is 11.7. The molecule has 0 amide bonds. The molecule has 16 heavy (non-hydrogen) atoms. The smallest absolute Gasteiger partial charge is 0.0441 e. The SMILES string of the molecule is C=C(C)N(C)c1cc2ccccc2cc1C. The molecule has 0 N–H and O–H groups in total. The van der Waals surface area contributed by atoms with Crippen molar-refractivity contribution < 1.29 is 0 Å². The molecule has 0 fully saturated rings. The summed E-state index contributed by atoms with van der Waals surface area (Å²) in [5.41, 5.74) is 3.56. The van der Waals surface area contributed by atoms with E-state index in [-0.39, 0.29) is 0 Å². The molecular formula is C15H17N. The molecule has 0 aliphatic rings. The van der Waals surface area contributed by atoms with Gasteiger partial charge in [0.2, 0.25) is 0 Å². The van der Waals surface area contributed by atoms with E-state index < -0.39 is 0 Å². The largest absolute Gasteiger partial charge is 0.349 e. The standard InChI is InChI=1S/C15H17N/c1-11(2)16(4)15-10-14-8-6-5-7-13(14)9-12(15)3/h5-10H,1H2,2-4H3. The number of aryl methyl sites for hydroxylation is 1. The van der Waals surface area contributed by atoms with Crippen LogP contribution in [0.3, 0.4) is 0 Å². The van der Waals surface area contributed by atoms with Crippen molar-refractivity contribution in [1.82, 2.24) is 0 Å². The third-order valence-corrected chi connectivity index (χ3v) is 3.00. The Bertz CT molecular complexity index is 540. The summed E-state index contributed by atoms with van der Waals surface area (Å²) >= 11 is 0. The summed E-state index contributed by atoms with van der Waals surface area (Å²) in [5.74, 6) is 0. The second-order valence-electron chi connectivity index (χ2n) is 4.28. The highest BCUT2D eigenvalue weighted by atomic mass is 15.1. The third kappa shape index (κ3) is 1.81. The first-order chi connectivity index (χ1) is 7.59. The van der Waals surface area contributed by atoms with Gasteiger partial charge in [-0.3, -0.25) is 0 Å². The topological polar surface area (TPSA) is 3.24 Å². The van der Waals surface area contributed by atoms with Gasteiger partial charge in [0.25, 0.3) is 0 Å². The normalized spacial score (nSPS) is 10.4. The molecule has 0 atom stereocenters. The highest BCUT2D eigenvalue weighted by Crippen LogP contribution is 2.27. The molecule has 1 heteroatoms. The molecule has 0 unspecified atom stereocenters. The van der Waals surface area contributed by atoms with Crippen LogP contribution in [0.2, 0.25) is 0 Å². The van der Waals surface area contributed by atoms with Crippen LogP contribution >= 0.6 is 0 Å². The lowest BCUT2D eigenvalue weighted by Gasteiger charge is -2.22. The average Bonchev–Trinajstić information content (AvgIpc) is 2.27. The Morgan fingerprint density at radius 1 is 1.12 bits per heavy atom. The van der Waals surface area contributed by atoms with Crippen molar-refractivity contribution in [2.24, 2.45) is 0 Å². The maximum atomic E-state index is 3.98. The number of fused-ring (bicyclic) bond motifs is 1. The summed E-state index contributed by atoms with van der Waals surface area (Å²) in [6.45, 7) is 8.14. The summed E-state index contributed by atoms with van der Waals surface area (Å²) in [4.78, 5) is 2.13.